The van der Waals surface area contributed by atoms with Gasteiger partial charge in [-0.25, -0.2) is 4.86 Å². The molecule has 0 aromatic carbocycles. The van der Waals surface area contributed by atoms with Gasteiger partial charge in [0.1, 0.15) is 0 Å². The Labute approximate surface area is 74.1 Å². The molecule has 0 aliphatic carbocycles. The van der Waals surface area contributed by atoms with Crippen LogP contribution in [0, 0.1) is 0 Å². The monoisotopic (exact) mass is 261 g/mol. The van der Waals surface area contributed by atoms with E-state index in [0.29, 0.717) is 0 Å². The van der Waals surface area contributed by atoms with Crippen LogP contribution in [0.4, 0.5) is 21.9 Å². The number of hydrogen-bond acceptors (Lipinski definition) is 4. The summed E-state index contributed by atoms with van der Waals surface area (Å²) in [6, 6.07) is 0. The van der Waals surface area contributed by atoms with Gasteiger partial charge in [-0.15, -0.1) is 8.96 Å². The Bertz CT molecular complexity index is 175. The van der Waals surface area contributed by atoms with Crippen LogP contribution in [0.3, 0.4) is 0 Å². The molecule has 0 saturated carbocycles. The predicted molar refractivity (Wildman–Crippen MR) is 39.4 cm³/mol. The van der Waals surface area contributed by atoms with E-state index in [1.165, 1.54) is 0 Å². The summed E-state index contributed by atoms with van der Waals surface area (Å²) in [5.74, 6) is 0. The first-order valence-corrected chi connectivity index (χ1v) is 5.96. The second-order valence-corrected chi connectivity index (χ2v) is 6.10. The molecule has 0 aromatic rings. The lowest BCUT2D eigenvalue weighted by Gasteiger charge is -2.31. The van der Waals surface area contributed by atoms with Crippen LogP contribution in [-0.4, -0.2) is 15.9 Å². The average Bonchev–Trinajstić information content (AvgIpc) is 2.06. The molecule has 0 amide bonds. The molecule has 4 nitrogen and oxygen atoms in total. The molecular weight excluding hydrogens is 258 g/mol. The summed E-state index contributed by atoms with van der Waals surface area (Å²) in [6.45, 7) is -3.23. The molecule has 1 aliphatic heterocycles. The first-order valence-electron chi connectivity index (χ1n) is 2.66. The lowest BCUT2D eigenvalue weighted by Crippen LogP contribution is -2.21. The van der Waals surface area contributed by atoms with Gasteiger partial charge in [0.25, 0.3) is 0 Å². The topological polar surface area (TPSA) is 27.7 Å². The maximum atomic E-state index is 12.6. The lowest BCUT2D eigenvalue weighted by atomic mass is 11.5. The van der Waals surface area contributed by atoms with Crippen LogP contribution in [0.5, 0.6) is 0 Å². The van der Waals surface area contributed by atoms with Crippen LogP contribution in [-0.2, 0) is 4.52 Å². The van der Waals surface area contributed by atoms with Crippen molar-refractivity contribution in [2.75, 3.05) is 0 Å². The SMILES string of the molecule is FC(F)OP1NPN(F)P(F)N1F. The van der Waals surface area contributed by atoms with E-state index >= 15 is 0 Å². The molecular formula is CH3F5N3OP3. The van der Waals surface area contributed by atoms with Crippen molar-refractivity contribution in [3.8, 4) is 0 Å². The fourth-order valence-corrected chi connectivity index (χ4v) is 4.48. The Kier molecular flexibility index (Phi) is 4.58. The Morgan fingerprint density at radius 2 is 2.00 bits per heavy atom. The van der Waals surface area contributed by atoms with E-state index in [1.54, 1.807) is 0 Å². The molecule has 0 bridgehead atoms. The zero-order valence-electron chi connectivity index (χ0n) is 5.66. The van der Waals surface area contributed by atoms with Crippen molar-refractivity contribution < 1.29 is 26.5 Å². The van der Waals surface area contributed by atoms with Crippen LogP contribution >= 0.6 is 25.9 Å². The van der Waals surface area contributed by atoms with Crippen molar-refractivity contribution in [1.82, 2.24) is 14.2 Å². The summed E-state index contributed by atoms with van der Waals surface area (Å²) in [7, 11) is -6.84. The molecule has 0 spiro atoms. The van der Waals surface area contributed by atoms with Crippen LogP contribution in [0.15, 0.2) is 0 Å². The summed E-state index contributed by atoms with van der Waals surface area (Å²) < 4.78 is 63.0. The van der Waals surface area contributed by atoms with Gasteiger partial charge in [-0.05, 0) is 9.33 Å². The van der Waals surface area contributed by atoms with E-state index in [0.717, 1.165) is 0 Å². The smallest absolute Gasteiger partial charge is 0.266 e. The second-order valence-electron chi connectivity index (χ2n) is 1.60. The van der Waals surface area contributed by atoms with E-state index in [9.17, 15) is 21.9 Å². The summed E-state index contributed by atoms with van der Waals surface area (Å²) >= 11 is 0. The summed E-state index contributed by atoms with van der Waals surface area (Å²) in [5.41, 5.74) is 0. The number of nitrogens with one attached hydrogen (secondary N) is 1. The number of nitrogens with zero attached hydrogens (tertiary/aromatic N) is 2. The minimum Gasteiger partial charge on any atom is -0.266 e. The fraction of sp³-hybridized carbons (Fsp3) is 1.00. The third-order valence-electron chi connectivity index (χ3n) is 0.848. The van der Waals surface area contributed by atoms with Gasteiger partial charge in [0.15, 0.2) is 0 Å². The standard InChI is InChI=1S/CH3F5N3OP3/c2-1(3)10-13-7-11-8(4)12(6)9(13)5/h1,7,11H. The largest absolute Gasteiger partial charge is 0.350 e. The summed E-state index contributed by atoms with van der Waals surface area (Å²) in [4.78, 5) is 1.95. The van der Waals surface area contributed by atoms with Crippen LogP contribution in [0.25, 0.3) is 0 Å². The highest BCUT2D eigenvalue weighted by Gasteiger charge is 2.41. The van der Waals surface area contributed by atoms with Gasteiger partial charge in [0.2, 0.25) is 8.45 Å². The Hall–Kier alpha value is 0.780. The fourth-order valence-electron chi connectivity index (χ4n) is 0.439. The molecule has 1 rings (SSSR count). The van der Waals surface area contributed by atoms with E-state index in [1.807, 2.05) is 4.86 Å². The third kappa shape index (κ3) is 3.13. The molecule has 12 heteroatoms. The lowest BCUT2D eigenvalue weighted by molar-refractivity contribution is -0.0501. The molecule has 0 aromatic heterocycles. The minimum absolute atomic E-state index is 0.441. The van der Waals surface area contributed by atoms with Crippen LogP contribution < -0.4 is 4.86 Å². The highest BCUT2D eigenvalue weighted by molar-refractivity contribution is 7.74. The van der Waals surface area contributed by atoms with Crippen molar-refractivity contribution in [3.05, 3.63) is 0 Å². The van der Waals surface area contributed by atoms with Gasteiger partial charge in [0.05, 0.1) is 8.88 Å². The van der Waals surface area contributed by atoms with Gasteiger partial charge >= 0.3 is 15.1 Å². The minimum atomic E-state index is -3.33. The molecule has 1 saturated heterocycles. The molecule has 3 atom stereocenters. The number of rotatable bonds is 2. The van der Waals surface area contributed by atoms with Crippen molar-refractivity contribution >= 4 is 25.9 Å². The van der Waals surface area contributed by atoms with Gasteiger partial charge < -0.3 is 0 Å². The summed E-state index contributed by atoms with van der Waals surface area (Å²) in [6.07, 6.45) is 0. The predicted octanol–water partition coefficient (Wildman–Crippen LogP) is 3.13. The molecule has 13 heavy (non-hydrogen) atoms. The maximum absolute atomic E-state index is 12.6. The zero-order valence-corrected chi connectivity index (χ0v) is 8.45. The number of halogens is 5. The first-order chi connectivity index (χ1) is 6.02. The maximum Gasteiger partial charge on any atom is 0.350 e. The molecule has 0 radical (unpaired) electrons. The van der Waals surface area contributed by atoms with E-state index in [4.69, 9.17) is 0 Å². The molecule has 1 fully saturated rings. The zero-order chi connectivity index (χ0) is 10.0. The Morgan fingerprint density at radius 1 is 1.38 bits per heavy atom. The van der Waals surface area contributed by atoms with Crippen molar-refractivity contribution in [2.24, 2.45) is 0 Å². The molecule has 3 unspecified atom stereocenters. The highest BCUT2D eigenvalue weighted by atomic mass is 31.3. The molecule has 1 aliphatic rings. The van der Waals surface area contributed by atoms with Gasteiger partial charge in [-0.1, -0.05) is 0 Å². The van der Waals surface area contributed by atoms with Crippen LogP contribution in [0.2, 0.25) is 0 Å². The van der Waals surface area contributed by atoms with E-state index in [-0.39, 0.29) is 0 Å². The number of hydrogen-bond donors (Lipinski definition) is 1. The molecule has 1 N–H and O–H groups in total. The second kappa shape index (κ2) is 5.03. The third-order valence-corrected chi connectivity index (χ3v) is 5.14. The quantitative estimate of drug-likeness (QED) is 0.469. The normalized spacial score (nSPS) is 34.6. The average molecular weight is 261 g/mol. The molecule has 1 heterocycles. The van der Waals surface area contributed by atoms with Crippen molar-refractivity contribution in [2.45, 2.75) is 6.61 Å². The molecule has 78 valence electrons. The van der Waals surface area contributed by atoms with Gasteiger partial charge in [-0.3, -0.25) is 4.52 Å². The highest BCUT2D eigenvalue weighted by Crippen LogP contribution is 2.67. The number of alkyl halides is 2. The van der Waals surface area contributed by atoms with Gasteiger partial charge in [-0.2, -0.15) is 13.0 Å². The van der Waals surface area contributed by atoms with E-state index < -0.39 is 41.8 Å². The van der Waals surface area contributed by atoms with Crippen molar-refractivity contribution in [3.63, 3.8) is 0 Å². The Morgan fingerprint density at radius 3 is 2.54 bits per heavy atom. The van der Waals surface area contributed by atoms with Crippen LogP contribution in [0.1, 0.15) is 0 Å². The van der Waals surface area contributed by atoms with Gasteiger partial charge in [0, 0.05) is 0 Å². The van der Waals surface area contributed by atoms with Crippen molar-refractivity contribution in [1.29, 1.82) is 0 Å². The first kappa shape index (κ1) is 11.9. The van der Waals surface area contributed by atoms with E-state index in [2.05, 4.69) is 4.52 Å². The Balaban J connectivity index is 2.48. The summed E-state index contributed by atoms with van der Waals surface area (Å²) in [5, 5.41) is 0.